The van der Waals surface area contributed by atoms with Gasteiger partial charge in [0.15, 0.2) is 0 Å². The van der Waals surface area contributed by atoms with E-state index in [1.165, 1.54) is 6.92 Å². The van der Waals surface area contributed by atoms with E-state index in [1.807, 2.05) is 78.8 Å². The number of carbonyl (C=O) groups excluding carboxylic acids is 3. The number of hydrogen-bond donors (Lipinski definition) is 2. The van der Waals surface area contributed by atoms with Crippen LogP contribution in [0.5, 0.6) is 0 Å². The van der Waals surface area contributed by atoms with Crippen molar-refractivity contribution in [1.29, 1.82) is 0 Å². The molecule has 0 bridgehead atoms. The smallest absolute Gasteiger partial charge is 0.445 e. The first-order valence-electron chi connectivity index (χ1n) is 14.8. The number of rotatable bonds is 9. The van der Waals surface area contributed by atoms with E-state index in [4.69, 9.17) is 14.0 Å². The molecule has 2 N–H and O–H groups in total. The van der Waals surface area contributed by atoms with Crippen LogP contribution < -0.4 is 10.6 Å². The van der Waals surface area contributed by atoms with Crippen LogP contribution in [0, 0.1) is 11.8 Å². The molecule has 1 aliphatic heterocycles. The van der Waals surface area contributed by atoms with Crippen molar-refractivity contribution < 1.29 is 28.4 Å². The zero-order valence-corrected chi connectivity index (χ0v) is 26.5. The summed E-state index contributed by atoms with van der Waals surface area (Å²) in [6.45, 7) is 15.8. The van der Waals surface area contributed by atoms with Gasteiger partial charge in [0.2, 0.25) is 11.8 Å². The zero-order chi connectivity index (χ0) is 30.6. The zero-order valence-electron chi connectivity index (χ0n) is 26.5. The molecule has 3 amide bonds. The topological polar surface area (TPSA) is 106 Å². The third-order valence-corrected chi connectivity index (χ3v) is 8.97. The molecule has 2 unspecified atom stereocenters. The summed E-state index contributed by atoms with van der Waals surface area (Å²) < 4.78 is 17.9. The van der Waals surface area contributed by atoms with Crippen molar-refractivity contribution in [3.8, 4) is 0 Å². The molecule has 3 atom stereocenters. The summed E-state index contributed by atoms with van der Waals surface area (Å²) in [4.78, 5) is 41.2. The van der Waals surface area contributed by atoms with Gasteiger partial charge in [0.25, 0.3) is 0 Å². The number of amides is 3. The average Bonchev–Trinajstić information content (AvgIpc) is 3.09. The van der Waals surface area contributed by atoms with Crippen LogP contribution >= 0.6 is 0 Å². The summed E-state index contributed by atoms with van der Waals surface area (Å²) in [7, 11) is 1.38. The summed E-state index contributed by atoms with van der Waals surface area (Å²) in [5.41, 5.74) is -1.54. The van der Waals surface area contributed by atoms with E-state index in [0.29, 0.717) is 19.2 Å². The van der Waals surface area contributed by atoms with Crippen molar-refractivity contribution in [3.05, 3.63) is 35.9 Å². The summed E-state index contributed by atoms with van der Waals surface area (Å²) in [6, 6.07) is 9.47. The Morgan fingerprint density at radius 2 is 1.66 bits per heavy atom. The van der Waals surface area contributed by atoms with Crippen LogP contribution in [0.1, 0.15) is 86.6 Å². The Balaban J connectivity index is 1.77. The SMILES string of the molecule is CC(=O)N(C)C1(C(=O)NC(C)(C)C)C[C@H](CCB2OC(C)(C)C(C)(C)O2)CCC1CNC(=O)OCc1ccccc1. The van der Waals surface area contributed by atoms with Crippen LogP contribution in [0.2, 0.25) is 6.32 Å². The summed E-state index contributed by atoms with van der Waals surface area (Å²) in [6.07, 6.45) is 2.96. The molecule has 0 radical (unpaired) electrons. The van der Waals surface area contributed by atoms with E-state index in [0.717, 1.165) is 18.4 Å². The number of carbonyl (C=O) groups is 3. The predicted molar refractivity (Wildman–Crippen MR) is 160 cm³/mol. The molecule has 2 aliphatic rings. The first-order valence-corrected chi connectivity index (χ1v) is 14.8. The number of benzene rings is 1. The number of likely N-dealkylation sites (N-methyl/N-ethyl adjacent to an activating group) is 1. The lowest BCUT2D eigenvalue weighted by molar-refractivity contribution is -0.154. The van der Waals surface area contributed by atoms with Crippen molar-refractivity contribution in [3.63, 3.8) is 0 Å². The fraction of sp³-hybridized carbons (Fsp3) is 0.710. The van der Waals surface area contributed by atoms with Crippen molar-refractivity contribution in [1.82, 2.24) is 15.5 Å². The van der Waals surface area contributed by atoms with Crippen molar-refractivity contribution >= 4 is 25.0 Å². The van der Waals surface area contributed by atoms with E-state index >= 15 is 0 Å². The first-order chi connectivity index (χ1) is 19.0. The highest BCUT2D eigenvalue weighted by Gasteiger charge is 2.55. The Labute approximate surface area is 246 Å². The molecule has 1 aromatic carbocycles. The lowest BCUT2D eigenvalue weighted by Crippen LogP contribution is -2.68. The van der Waals surface area contributed by atoms with E-state index in [9.17, 15) is 14.4 Å². The van der Waals surface area contributed by atoms with Gasteiger partial charge >= 0.3 is 13.2 Å². The molecule has 1 aliphatic carbocycles. The highest BCUT2D eigenvalue weighted by Crippen LogP contribution is 2.45. The van der Waals surface area contributed by atoms with Gasteiger partial charge < -0.3 is 29.6 Å². The third kappa shape index (κ3) is 8.04. The molecule has 1 saturated heterocycles. The number of hydrogen-bond acceptors (Lipinski definition) is 6. The maximum Gasteiger partial charge on any atom is 0.457 e. The summed E-state index contributed by atoms with van der Waals surface area (Å²) >= 11 is 0. The van der Waals surface area contributed by atoms with E-state index in [2.05, 4.69) is 10.6 Å². The number of nitrogens with zero attached hydrogens (tertiary/aromatic N) is 1. The molecule has 41 heavy (non-hydrogen) atoms. The Morgan fingerprint density at radius 3 is 2.22 bits per heavy atom. The molecule has 9 nitrogen and oxygen atoms in total. The molecule has 10 heteroatoms. The molecule has 0 aromatic heterocycles. The minimum absolute atomic E-state index is 0.154. The van der Waals surface area contributed by atoms with Gasteiger partial charge in [-0.2, -0.15) is 0 Å². The van der Waals surface area contributed by atoms with Gasteiger partial charge in [0, 0.05) is 32.0 Å². The van der Waals surface area contributed by atoms with Gasteiger partial charge in [-0.3, -0.25) is 9.59 Å². The van der Waals surface area contributed by atoms with E-state index < -0.39 is 28.4 Å². The van der Waals surface area contributed by atoms with Crippen LogP contribution in [0.3, 0.4) is 0 Å². The third-order valence-electron chi connectivity index (χ3n) is 8.97. The molecule has 3 rings (SSSR count). The molecule has 1 saturated carbocycles. The van der Waals surface area contributed by atoms with Crippen LogP contribution in [0.4, 0.5) is 4.79 Å². The largest absolute Gasteiger partial charge is 0.457 e. The maximum absolute atomic E-state index is 14.1. The first kappa shape index (κ1) is 32.9. The van der Waals surface area contributed by atoms with Gasteiger partial charge in [-0.25, -0.2) is 4.79 Å². The highest BCUT2D eigenvalue weighted by atomic mass is 16.7. The van der Waals surface area contributed by atoms with E-state index in [1.54, 1.807) is 11.9 Å². The molecule has 228 valence electrons. The minimum atomic E-state index is -1.13. The Morgan fingerprint density at radius 1 is 1.05 bits per heavy atom. The summed E-state index contributed by atoms with van der Waals surface area (Å²) in [5, 5.41) is 6.02. The fourth-order valence-electron chi connectivity index (χ4n) is 5.91. The van der Waals surface area contributed by atoms with Crippen molar-refractivity contribution in [2.75, 3.05) is 13.6 Å². The number of alkyl carbamates (subject to hydrolysis) is 1. The molecule has 2 fully saturated rings. The quantitative estimate of drug-likeness (QED) is 0.407. The Bertz CT molecular complexity index is 1060. The van der Waals surface area contributed by atoms with Gasteiger partial charge in [-0.1, -0.05) is 36.8 Å². The number of nitrogens with one attached hydrogen (secondary N) is 2. The van der Waals surface area contributed by atoms with Gasteiger partial charge in [0.05, 0.1) is 11.2 Å². The van der Waals surface area contributed by atoms with Gasteiger partial charge in [-0.15, -0.1) is 0 Å². The van der Waals surface area contributed by atoms with Crippen molar-refractivity contribution in [2.24, 2.45) is 11.8 Å². The second-order valence-corrected chi connectivity index (χ2v) is 13.8. The Kier molecular flexibility index (Phi) is 10.2. The lowest BCUT2D eigenvalue weighted by Gasteiger charge is -2.51. The normalized spacial score (nSPS) is 25.3. The van der Waals surface area contributed by atoms with Crippen molar-refractivity contribution in [2.45, 2.75) is 116 Å². The highest BCUT2D eigenvalue weighted by molar-refractivity contribution is 6.45. The molecular formula is C31H50BN3O6. The molecular weight excluding hydrogens is 521 g/mol. The monoisotopic (exact) mass is 571 g/mol. The second-order valence-electron chi connectivity index (χ2n) is 13.8. The fourth-order valence-corrected chi connectivity index (χ4v) is 5.91. The molecule has 1 heterocycles. The van der Waals surface area contributed by atoms with Gasteiger partial charge in [0.1, 0.15) is 12.1 Å². The lowest BCUT2D eigenvalue weighted by atomic mass is 9.64. The van der Waals surface area contributed by atoms with Crippen LogP contribution in [0.25, 0.3) is 0 Å². The molecule has 0 spiro atoms. The predicted octanol–water partition coefficient (Wildman–Crippen LogP) is 4.94. The average molecular weight is 572 g/mol. The van der Waals surface area contributed by atoms with Crippen LogP contribution in [-0.4, -0.2) is 65.8 Å². The standard InChI is InChI=1S/C31H50BN3O6/c1-22(36)35(9)31(26(37)34-28(2,3)4)19-23(17-18-32-40-29(5,6)30(7,8)41-32)15-16-25(31)20-33-27(38)39-21-24-13-11-10-12-14-24/h10-14,23,25H,15-21H2,1-9H3,(H,33,38)(H,34,37)/t23-,25?,31?/m0/s1. The number of ether oxygens (including phenoxy) is 1. The molecule has 1 aromatic rings. The maximum atomic E-state index is 14.1. The van der Waals surface area contributed by atoms with Gasteiger partial charge in [-0.05, 0) is 85.5 Å². The van der Waals surface area contributed by atoms with E-state index in [-0.39, 0.29) is 43.9 Å². The minimum Gasteiger partial charge on any atom is -0.445 e. The van der Waals surface area contributed by atoms with Crippen LogP contribution in [-0.2, 0) is 30.2 Å². The summed E-state index contributed by atoms with van der Waals surface area (Å²) in [5.74, 6) is -0.524. The van der Waals surface area contributed by atoms with Crippen LogP contribution in [0.15, 0.2) is 30.3 Å². The Hall–Kier alpha value is -2.59. The second kappa shape index (κ2) is 12.7.